The van der Waals surface area contributed by atoms with Gasteiger partial charge in [0.15, 0.2) is 0 Å². The van der Waals surface area contributed by atoms with Crippen molar-refractivity contribution < 1.29 is 13.9 Å². The quantitative estimate of drug-likeness (QED) is 0.623. The molecule has 3 aromatic rings. The van der Waals surface area contributed by atoms with Gasteiger partial charge < -0.3 is 14.1 Å². The Balaban J connectivity index is 1.48. The Morgan fingerprint density at radius 3 is 2.50 bits per heavy atom. The van der Waals surface area contributed by atoms with Gasteiger partial charge in [0, 0.05) is 46.2 Å². The number of hydrogen-bond donors (Lipinski definition) is 0. The van der Waals surface area contributed by atoms with Gasteiger partial charge in [-0.3, -0.25) is 19.1 Å². The van der Waals surface area contributed by atoms with Crippen LogP contribution in [0.1, 0.15) is 11.7 Å². The number of benzene rings is 1. The fourth-order valence-electron chi connectivity index (χ4n) is 3.93. The van der Waals surface area contributed by atoms with E-state index in [9.17, 15) is 14.4 Å². The molecule has 9 heteroatoms. The lowest BCUT2D eigenvalue weighted by Crippen LogP contribution is -2.49. The SMILES string of the molecule is COc1ccccc1N1CCN(CCn2c(=O)c3cocc3n(C(C)=O)c2=O)CC1. The minimum absolute atomic E-state index is 0.208. The van der Waals surface area contributed by atoms with E-state index in [1.165, 1.54) is 19.5 Å². The molecular weight excluding hydrogens is 388 g/mol. The zero-order valence-electron chi connectivity index (χ0n) is 17.0. The number of methoxy groups -OCH3 is 1. The largest absolute Gasteiger partial charge is 0.495 e. The number of ether oxygens (including phenoxy) is 1. The first-order valence-electron chi connectivity index (χ1n) is 9.84. The molecule has 1 aliphatic heterocycles. The van der Waals surface area contributed by atoms with Gasteiger partial charge in [0.05, 0.1) is 12.8 Å². The van der Waals surface area contributed by atoms with E-state index < -0.39 is 17.2 Å². The first-order valence-corrected chi connectivity index (χ1v) is 9.84. The van der Waals surface area contributed by atoms with Crippen molar-refractivity contribution in [3.63, 3.8) is 0 Å². The number of rotatable bonds is 5. The highest BCUT2D eigenvalue weighted by Crippen LogP contribution is 2.28. The number of hydrogen-bond acceptors (Lipinski definition) is 7. The van der Waals surface area contributed by atoms with E-state index in [4.69, 9.17) is 9.15 Å². The molecule has 0 spiro atoms. The van der Waals surface area contributed by atoms with Gasteiger partial charge in [-0.2, -0.15) is 0 Å². The van der Waals surface area contributed by atoms with Crippen LogP contribution in [0.3, 0.4) is 0 Å². The van der Waals surface area contributed by atoms with Crippen molar-refractivity contribution >= 4 is 22.5 Å². The van der Waals surface area contributed by atoms with Crippen LogP contribution in [0, 0.1) is 0 Å². The molecule has 0 atom stereocenters. The molecule has 2 aromatic heterocycles. The van der Waals surface area contributed by atoms with Crippen LogP contribution < -0.4 is 20.9 Å². The number of carbonyl (C=O) groups excluding carboxylic acids is 1. The Morgan fingerprint density at radius 2 is 1.80 bits per heavy atom. The zero-order chi connectivity index (χ0) is 21.3. The molecule has 0 radical (unpaired) electrons. The standard InChI is InChI=1S/C21H24N4O5/c1-15(26)25-18-14-30-13-16(18)20(27)24(21(25)28)12-9-22-7-10-23(11-8-22)17-5-3-4-6-19(17)29-2/h3-6,13-14H,7-12H2,1-2H3. The molecule has 0 bridgehead atoms. The summed E-state index contributed by atoms with van der Waals surface area (Å²) in [5.41, 5.74) is 0.202. The number of piperazine rings is 1. The van der Waals surface area contributed by atoms with Crippen LogP contribution in [0.25, 0.3) is 10.9 Å². The minimum atomic E-state index is -0.631. The Hall–Kier alpha value is -3.33. The van der Waals surface area contributed by atoms with Gasteiger partial charge in [0.25, 0.3) is 5.56 Å². The van der Waals surface area contributed by atoms with E-state index in [-0.39, 0.29) is 17.4 Å². The van der Waals surface area contributed by atoms with E-state index in [0.29, 0.717) is 6.54 Å². The Bertz CT molecular complexity index is 1180. The predicted octanol–water partition coefficient (Wildman–Crippen LogP) is 1.25. The van der Waals surface area contributed by atoms with Gasteiger partial charge in [-0.1, -0.05) is 12.1 Å². The summed E-state index contributed by atoms with van der Waals surface area (Å²) in [6.07, 6.45) is 2.53. The normalized spacial score (nSPS) is 14.9. The number of fused-ring (bicyclic) bond motifs is 1. The third kappa shape index (κ3) is 3.52. The highest BCUT2D eigenvalue weighted by molar-refractivity contribution is 5.88. The molecule has 1 saturated heterocycles. The lowest BCUT2D eigenvalue weighted by molar-refractivity contribution is 0.0933. The lowest BCUT2D eigenvalue weighted by Gasteiger charge is -2.36. The molecule has 158 valence electrons. The number of carbonyl (C=O) groups is 1. The highest BCUT2D eigenvalue weighted by atomic mass is 16.5. The predicted molar refractivity (Wildman–Crippen MR) is 113 cm³/mol. The highest BCUT2D eigenvalue weighted by Gasteiger charge is 2.21. The molecule has 0 aliphatic carbocycles. The molecule has 1 fully saturated rings. The number of aromatic nitrogens is 2. The van der Waals surface area contributed by atoms with Gasteiger partial charge >= 0.3 is 5.69 Å². The minimum Gasteiger partial charge on any atom is -0.495 e. The van der Waals surface area contributed by atoms with Crippen LogP contribution in [0.5, 0.6) is 5.75 Å². The van der Waals surface area contributed by atoms with Crippen molar-refractivity contribution in [2.45, 2.75) is 13.5 Å². The maximum atomic E-state index is 12.7. The van der Waals surface area contributed by atoms with Gasteiger partial charge in [0.1, 0.15) is 29.2 Å². The average Bonchev–Trinajstić information content (AvgIpc) is 3.23. The van der Waals surface area contributed by atoms with Gasteiger partial charge in [-0.25, -0.2) is 9.36 Å². The van der Waals surface area contributed by atoms with E-state index in [1.807, 2.05) is 24.3 Å². The Kier molecular flexibility index (Phi) is 5.45. The van der Waals surface area contributed by atoms with Crippen molar-refractivity contribution in [3.8, 4) is 5.75 Å². The van der Waals surface area contributed by atoms with Crippen LogP contribution in [-0.2, 0) is 6.54 Å². The summed E-state index contributed by atoms with van der Waals surface area (Å²) in [7, 11) is 1.66. The molecule has 3 heterocycles. The van der Waals surface area contributed by atoms with Crippen molar-refractivity contribution in [1.29, 1.82) is 0 Å². The molecule has 1 aliphatic rings. The summed E-state index contributed by atoms with van der Waals surface area (Å²) in [5.74, 6) is 0.390. The van der Waals surface area contributed by atoms with Gasteiger partial charge in [0.2, 0.25) is 5.91 Å². The number of anilines is 1. The number of nitrogens with zero attached hydrogens (tertiary/aromatic N) is 4. The monoisotopic (exact) mass is 412 g/mol. The number of para-hydroxylation sites is 2. The van der Waals surface area contributed by atoms with Crippen LogP contribution in [0.15, 0.2) is 50.8 Å². The molecule has 30 heavy (non-hydrogen) atoms. The lowest BCUT2D eigenvalue weighted by atomic mass is 10.2. The second kappa shape index (κ2) is 8.19. The van der Waals surface area contributed by atoms with Crippen LogP contribution >= 0.6 is 0 Å². The van der Waals surface area contributed by atoms with Crippen LogP contribution in [0.2, 0.25) is 0 Å². The first-order chi connectivity index (χ1) is 14.5. The molecule has 9 nitrogen and oxygen atoms in total. The van der Waals surface area contributed by atoms with E-state index >= 15 is 0 Å². The second-order valence-corrected chi connectivity index (χ2v) is 7.27. The first kappa shape index (κ1) is 20.0. The maximum absolute atomic E-state index is 12.7. The molecule has 1 aromatic carbocycles. The second-order valence-electron chi connectivity index (χ2n) is 7.27. The summed E-state index contributed by atoms with van der Waals surface area (Å²) in [6.45, 7) is 5.25. The summed E-state index contributed by atoms with van der Waals surface area (Å²) < 4.78 is 12.6. The van der Waals surface area contributed by atoms with E-state index in [1.54, 1.807) is 7.11 Å². The summed E-state index contributed by atoms with van der Waals surface area (Å²) in [6, 6.07) is 7.92. The topological polar surface area (TPSA) is 89.9 Å². The maximum Gasteiger partial charge on any atom is 0.338 e. The fourth-order valence-corrected chi connectivity index (χ4v) is 3.93. The molecule has 4 rings (SSSR count). The smallest absolute Gasteiger partial charge is 0.338 e. The summed E-state index contributed by atoms with van der Waals surface area (Å²) in [5, 5.41) is 0.228. The van der Waals surface area contributed by atoms with Crippen LogP contribution in [0.4, 0.5) is 5.69 Å². The average molecular weight is 412 g/mol. The molecular formula is C21H24N4O5. The Labute approximate surface area is 172 Å². The molecule has 0 saturated carbocycles. The summed E-state index contributed by atoms with van der Waals surface area (Å²) >= 11 is 0. The van der Waals surface area contributed by atoms with Gasteiger partial charge in [-0.05, 0) is 12.1 Å². The molecule has 0 N–H and O–H groups in total. The van der Waals surface area contributed by atoms with Crippen molar-refractivity contribution in [1.82, 2.24) is 14.0 Å². The Morgan fingerprint density at radius 1 is 1.07 bits per heavy atom. The number of furan rings is 1. The van der Waals surface area contributed by atoms with Gasteiger partial charge in [-0.15, -0.1) is 0 Å². The van der Waals surface area contributed by atoms with Crippen molar-refractivity contribution in [3.05, 3.63) is 57.6 Å². The fraction of sp³-hybridized carbons (Fsp3) is 0.381. The third-order valence-corrected chi connectivity index (χ3v) is 5.53. The third-order valence-electron chi connectivity index (χ3n) is 5.53. The van der Waals surface area contributed by atoms with Crippen molar-refractivity contribution in [2.24, 2.45) is 0 Å². The zero-order valence-corrected chi connectivity index (χ0v) is 17.0. The summed E-state index contributed by atoms with van der Waals surface area (Å²) in [4.78, 5) is 41.9. The van der Waals surface area contributed by atoms with E-state index in [0.717, 1.165) is 46.8 Å². The van der Waals surface area contributed by atoms with Crippen LogP contribution in [-0.4, -0.2) is 59.8 Å². The van der Waals surface area contributed by atoms with Crippen molar-refractivity contribution in [2.75, 3.05) is 44.7 Å². The molecule has 0 amide bonds. The molecule has 0 unspecified atom stereocenters. The van der Waals surface area contributed by atoms with E-state index in [2.05, 4.69) is 9.80 Å².